The maximum Gasteiger partial charge on any atom is 0.306 e. The molecule has 0 aliphatic rings. The summed E-state index contributed by atoms with van der Waals surface area (Å²) < 4.78 is 5.18. The standard InChI is InChI=1S/C24H42O2/c1-3-5-7-9-11-12-13-14-15-16-17-18-20-22-24(25)26-23-21-19-10-8-6-4-2/h4,6,8,10,19,21H,3,5,7,9,11-18,20,22-23H2,1-2H3. The first kappa shape index (κ1) is 24.7. The Bertz CT molecular complexity index is 380. The van der Waals surface area contributed by atoms with Crippen LogP contribution in [-0.2, 0) is 9.53 Å². The second kappa shape index (κ2) is 21.7. The van der Waals surface area contributed by atoms with Crippen LogP contribution in [0.15, 0.2) is 36.5 Å². The fraction of sp³-hybridized carbons (Fsp3) is 0.708. The molecule has 0 fully saturated rings. The molecule has 0 aliphatic carbocycles. The Balaban J connectivity index is 3.25. The van der Waals surface area contributed by atoms with Gasteiger partial charge in [0.2, 0.25) is 0 Å². The van der Waals surface area contributed by atoms with Crippen molar-refractivity contribution in [3.05, 3.63) is 36.5 Å². The van der Waals surface area contributed by atoms with Gasteiger partial charge in [-0.05, 0) is 19.4 Å². The lowest BCUT2D eigenvalue weighted by Crippen LogP contribution is -2.03. The number of hydrogen-bond donors (Lipinski definition) is 0. The van der Waals surface area contributed by atoms with Gasteiger partial charge in [-0.2, -0.15) is 0 Å². The van der Waals surface area contributed by atoms with E-state index < -0.39 is 0 Å². The van der Waals surface area contributed by atoms with Gasteiger partial charge in [-0.25, -0.2) is 0 Å². The summed E-state index contributed by atoms with van der Waals surface area (Å²) in [6.07, 6.45) is 29.3. The smallest absolute Gasteiger partial charge is 0.306 e. The zero-order chi connectivity index (χ0) is 19.1. The van der Waals surface area contributed by atoms with E-state index >= 15 is 0 Å². The number of allylic oxidation sites excluding steroid dienone is 5. The van der Waals surface area contributed by atoms with Crippen molar-refractivity contribution in [3.8, 4) is 0 Å². The van der Waals surface area contributed by atoms with Crippen molar-refractivity contribution in [1.29, 1.82) is 0 Å². The van der Waals surface area contributed by atoms with Crippen LogP contribution in [0.4, 0.5) is 0 Å². The molecule has 0 radical (unpaired) electrons. The summed E-state index contributed by atoms with van der Waals surface area (Å²) in [5.74, 6) is -0.0739. The molecule has 150 valence electrons. The summed E-state index contributed by atoms with van der Waals surface area (Å²) in [4.78, 5) is 11.6. The summed E-state index contributed by atoms with van der Waals surface area (Å²) in [5.41, 5.74) is 0. The monoisotopic (exact) mass is 362 g/mol. The maximum atomic E-state index is 11.6. The molecule has 0 aromatic heterocycles. The Labute approximate surface area is 162 Å². The molecule has 0 spiro atoms. The Hall–Kier alpha value is -1.31. The highest BCUT2D eigenvalue weighted by atomic mass is 16.5. The SMILES string of the molecule is CC=CC=CC=CCOC(=O)CCCCCCCCCCCCCCC. The van der Waals surface area contributed by atoms with E-state index in [4.69, 9.17) is 4.74 Å². The molecule has 26 heavy (non-hydrogen) atoms. The van der Waals surface area contributed by atoms with Crippen LogP contribution in [0.1, 0.15) is 104 Å². The molecule has 0 aromatic carbocycles. The quantitative estimate of drug-likeness (QED) is 0.142. The predicted octanol–water partition coefficient (Wildman–Crippen LogP) is 7.70. The van der Waals surface area contributed by atoms with Crippen molar-refractivity contribution >= 4 is 5.97 Å². The van der Waals surface area contributed by atoms with E-state index in [1.807, 2.05) is 43.4 Å². The van der Waals surface area contributed by atoms with Crippen molar-refractivity contribution < 1.29 is 9.53 Å². The lowest BCUT2D eigenvalue weighted by Gasteiger charge is -2.03. The lowest BCUT2D eigenvalue weighted by atomic mass is 10.0. The summed E-state index contributed by atoms with van der Waals surface area (Å²) in [7, 11) is 0. The molecule has 0 aliphatic heterocycles. The number of hydrogen-bond acceptors (Lipinski definition) is 2. The first-order valence-corrected chi connectivity index (χ1v) is 10.9. The highest BCUT2D eigenvalue weighted by Gasteiger charge is 2.01. The Kier molecular flexibility index (Phi) is 20.6. The third kappa shape index (κ3) is 20.7. The van der Waals surface area contributed by atoms with Gasteiger partial charge in [-0.3, -0.25) is 4.79 Å². The van der Waals surface area contributed by atoms with Crippen molar-refractivity contribution in [1.82, 2.24) is 0 Å². The molecule has 2 heteroatoms. The summed E-state index contributed by atoms with van der Waals surface area (Å²) in [6.45, 7) is 4.62. The highest BCUT2D eigenvalue weighted by Crippen LogP contribution is 2.13. The Morgan fingerprint density at radius 2 is 1.19 bits per heavy atom. The zero-order valence-electron chi connectivity index (χ0n) is 17.4. The van der Waals surface area contributed by atoms with E-state index in [0.29, 0.717) is 13.0 Å². The molecule has 0 heterocycles. The normalized spacial score (nSPS) is 11.9. The molecule has 0 rings (SSSR count). The van der Waals surface area contributed by atoms with Gasteiger partial charge in [0.1, 0.15) is 6.61 Å². The van der Waals surface area contributed by atoms with Crippen LogP contribution in [0.2, 0.25) is 0 Å². The highest BCUT2D eigenvalue weighted by molar-refractivity contribution is 5.69. The van der Waals surface area contributed by atoms with Gasteiger partial charge >= 0.3 is 5.97 Å². The van der Waals surface area contributed by atoms with Crippen LogP contribution < -0.4 is 0 Å². The second-order valence-corrected chi connectivity index (χ2v) is 7.01. The average molecular weight is 363 g/mol. The molecule has 0 saturated heterocycles. The maximum absolute atomic E-state index is 11.6. The van der Waals surface area contributed by atoms with Crippen LogP contribution in [0.25, 0.3) is 0 Å². The minimum absolute atomic E-state index is 0.0739. The van der Waals surface area contributed by atoms with Gasteiger partial charge in [-0.1, -0.05) is 114 Å². The van der Waals surface area contributed by atoms with E-state index in [1.165, 1.54) is 70.6 Å². The third-order valence-corrected chi connectivity index (χ3v) is 4.49. The van der Waals surface area contributed by atoms with Gasteiger partial charge < -0.3 is 4.74 Å². The second-order valence-electron chi connectivity index (χ2n) is 7.01. The molecular formula is C24H42O2. The van der Waals surface area contributed by atoms with E-state index in [0.717, 1.165) is 12.8 Å². The molecule has 0 N–H and O–H groups in total. The molecule has 2 nitrogen and oxygen atoms in total. The minimum Gasteiger partial charge on any atom is -0.461 e. The number of esters is 1. The van der Waals surface area contributed by atoms with E-state index in [-0.39, 0.29) is 5.97 Å². The summed E-state index contributed by atoms with van der Waals surface area (Å²) >= 11 is 0. The summed E-state index contributed by atoms with van der Waals surface area (Å²) in [5, 5.41) is 0. The fourth-order valence-corrected chi connectivity index (χ4v) is 2.87. The minimum atomic E-state index is -0.0739. The van der Waals surface area contributed by atoms with Crippen LogP contribution >= 0.6 is 0 Å². The number of ether oxygens (including phenoxy) is 1. The topological polar surface area (TPSA) is 26.3 Å². The number of rotatable bonds is 18. The first-order valence-electron chi connectivity index (χ1n) is 10.9. The Morgan fingerprint density at radius 3 is 1.73 bits per heavy atom. The molecule has 0 saturated carbocycles. The average Bonchev–Trinajstić information content (AvgIpc) is 2.64. The predicted molar refractivity (Wildman–Crippen MR) is 114 cm³/mol. The molecule has 0 bridgehead atoms. The number of carbonyl (C=O) groups excluding carboxylic acids is 1. The van der Waals surface area contributed by atoms with Gasteiger partial charge in [0.05, 0.1) is 0 Å². The van der Waals surface area contributed by atoms with Crippen molar-refractivity contribution in [2.75, 3.05) is 6.61 Å². The molecule has 0 unspecified atom stereocenters. The van der Waals surface area contributed by atoms with E-state index in [2.05, 4.69) is 6.92 Å². The van der Waals surface area contributed by atoms with Gasteiger partial charge in [0.25, 0.3) is 0 Å². The zero-order valence-corrected chi connectivity index (χ0v) is 17.4. The third-order valence-electron chi connectivity index (χ3n) is 4.49. The van der Waals surface area contributed by atoms with Gasteiger partial charge in [-0.15, -0.1) is 0 Å². The van der Waals surface area contributed by atoms with Crippen LogP contribution in [0, 0.1) is 0 Å². The fourth-order valence-electron chi connectivity index (χ4n) is 2.87. The number of unbranched alkanes of at least 4 members (excludes halogenated alkanes) is 12. The van der Waals surface area contributed by atoms with Crippen LogP contribution in [0.5, 0.6) is 0 Å². The molecule has 0 amide bonds. The first-order chi connectivity index (χ1) is 12.8. The van der Waals surface area contributed by atoms with Crippen molar-refractivity contribution in [2.24, 2.45) is 0 Å². The van der Waals surface area contributed by atoms with Gasteiger partial charge in [0.15, 0.2) is 0 Å². The molecule has 0 atom stereocenters. The largest absolute Gasteiger partial charge is 0.461 e. The molecule has 0 aromatic rings. The Morgan fingerprint density at radius 1 is 0.692 bits per heavy atom. The van der Waals surface area contributed by atoms with Crippen molar-refractivity contribution in [2.45, 2.75) is 104 Å². The van der Waals surface area contributed by atoms with Gasteiger partial charge in [0, 0.05) is 6.42 Å². The van der Waals surface area contributed by atoms with Crippen LogP contribution in [-0.4, -0.2) is 12.6 Å². The summed E-state index contributed by atoms with van der Waals surface area (Å²) in [6, 6.07) is 0. The number of carbonyl (C=O) groups is 1. The van der Waals surface area contributed by atoms with E-state index in [1.54, 1.807) is 0 Å². The van der Waals surface area contributed by atoms with E-state index in [9.17, 15) is 4.79 Å². The molecular weight excluding hydrogens is 320 g/mol. The van der Waals surface area contributed by atoms with Crippen molar-refractivity contribution in [3.63, 3.8) is 0 Å². The lowest BCUT2D eigenvalue weighted by molar-refractivity contribution is -0.142. The van der Waals surface area contributed by atoms with Crippen LogP contribution in [0.3, 0.4) is 0 Å².